The molecule has 16 rings (SSSR count). The Morgan fingerprint density at radius 3 is 1.16 bits per heavy atom. The number of aromatic hydroxyl groups is 1. The number of hydrogen-bond acceptors (Lipinski definition) is 2. The highest BCUT2D eigenvalue weighted by molar-refractivity contribution is 9.11. The van der Waals surface area contributed by atoms with Gasteiger partial charge in [0.05, 0.1) is 62.0 Å². The van der Waals surface area contributed by atoms with Crippen molar-refractivity contribution in [1.82, 2.24) is 18.3 Å². The normalized spacial score (nSPS) is 11.5. The van der Waals surface area contributed by atoms with Crippen LogP contribution in [-0.4, -0.2) is 23.4 Å². The zero-order chi connectivity index (χ0) is 56.3. The van der Waals surface area contributed by atoms with Gasteiger partial charge in [0.15, 0.2) is 0 Å². The first-order valence-electron chi connectivity index (χ1n) is 26.8. The molecule has 0 spiro atoms. The smallest absolute Gasteiger partial charge is 0.143 e. The maximum atomic E-state index is 14.6. The van der Waals surface area contributed by atoms with Gasteiger partial charge in [0, 0.05) is 71.9 Å². The van der Waals surface area contributed by atoms with E-state index < -0.39 is 0 Å². The van der Waals surface area contributed by atoms with E-state index in [1.54, 1.807) is 30.3 Å². The Morgan fingerprint density at radius 2 is 0.687 bits per heavy atom. The van der Waals surface area contributed by atoms with E-state index in [9.17, 15) is 4.39 Å². The summed E-state index contributed by atoms with van der Waals surface area (Å²) in [5.74, 6) is 1.52. The molecule has 4 heterocycles. The van der Waals surface area contributed by atoms with E-state index in [1.165, 1.54) is 48.9 Å². The molecule has 0 bridgehead atoms. The molecule has 0 aliphatic rings. The molecular formula is C72H45Br4FN4O2. The molecule has 12 aromatic carbocycles. The minimum Gasteiger partial charge on any atom is -0.507 e. The molecule has 0 fully saturated rings. The fourth-order valence-corrected chi connectivity index (χ4v) is 12.9. The Labute approximate surface area is 510 Å². The first kappa shape index (κ1) is 52.4. The zero-order valence-electron chi connectivity index (χ0n) is 43.9. The standard InChI is InChI=1S/C36H22Br2N2O.C30H18BrFN2.C6H5BrO/c37-28-14-6-9-17-33(28)41-34-22-24(18-20-29(34)38)39-31-16-8-5-13-27(31)35-32(39)21-19-26-25-12-4-7-15-30(25)40(36(26)35)23-10-2-1-3-11-23;31-24-16-14-20(18-25(24)32)33-27-13-7-5-11-23(27)29-28(33)17-15-22-21-10-4-6-12-26(21)34(30(22)29)19-8-2-1-3-9-19;7-5-3-1-2-4-6(5)8/h1-22H;1-18H;1-4,8H. The van der Waals surface area contributed by atoms with Gasteiger partial charge in [0.2, 0.25) is 0 Å². The lowest BCUT2D eigenvalue weighted by Crippen LogP contribution is -1.96. The van der Waals surface area contributed by atoms with Crippen molar-refractivity contribution in [3.8, 4) is 40.0 Å². The van der Waals surface area contributed by atoms with Crippen molar-refractivity contribution in [2.75, 3.05) is 0 Å². The van der Waals surface area contributed by atoms with Crippen LogP contribution in [0.4, 0.5) is 4.39 Å². The van der Waals surface area contributed by atoms with Crippen LogP contribution in [0.15, 0.2) is 285 Å². The Bertz CT molecular complexity index is 5140. The van der Waals surface area contributed by atoms with Crippen molar-refractivity contribution < 1.29 is 14.2 Å². The van der Waals surface area contributed by atoms with Crippen LogP contribution in [0.1, 0.15) is 0 Å². The largest absolute Gasteiger partial charge is 0.507 e. The highest BCUT2D eigenvalue weighted by Crippen LogP contribution is 2.45. The minimum absolute atomic E-state index is 0.275. The van der Waals surface area contributed by atoms with Crippen molar-refractivity contribution in [2.24, 2.45) is 0 Å². The number of aromatic nitrogens is 4. The Balaban J connectivity index is 0.000000132. The Morgan fingerprint density at radius 1 is 0.289 bits per heavy atom. The monoisotopic (exact) mass is 1330 g/mol. The molecule has 0 atom stereocenters. The maximum absolute atomic E-state index is 14.6. The van der Waals surface area contributed by atoms with Crippen LogP contribution in [0.25, 0.3) is 110 Å². The second-order valence-corrected chi connectivity index (χ2v) is 23.4. The third-order valence-electron chi connectivity index (χ3n) is 15.2. The van der Waals surface area contributed by atoms with Gasteiger partial charge >= 0.3 is 0 Å². The second kappa shape index (κ2) is 21.9. The van der Waals surface area contributed by atoms with E-state index in [0.717, 1.165) is 86.0 Å². The molecule has 0 saturated heterocycles. The van der Waals surface area contributed by atoms with E-state index in [2.05, 4.69) is 270 Å². The van der Waals surface area contributed by atoms with Crippen molar-refractivity contribution >= 4 is 151 Å². The summed E-state index contributed by atoms with van der Waals surface area (Å²) in [7, 11) is 0. The number of rotatable bonds is 6. The van der Waals surface area contributed by atoms with Gasteiger partial charge in [0.25, 0.3) is 0 Å². The average molecular weight is 1340 g/mol. The van der Waals surface area contributed by atoms with Gasteiger partial charge in [-0.25, -0.2) is 4.39 Å². The second-order valence-electron chi connectivity index (χ2n) is 20.0. The summed E-state index contributed by atoms with van der Waals surface area (Å²) in [6.07, 6.45) is 0. The molecule has 0 saturated carbocycles. The van der Waals surface area contributed by atoms with E-state index >= 15 is 0 Å². The summed E-state index contributed by atoms with van der Waals surface area (Å²) in [4.78, 5) is 0. The van der Waals surface area contributed by atoms with Gasteiger partial charge in [-0.1, -0.05) is 146 Å². The van der Waals surface area contributed by atoms with Crippen LogP contribution in [0.5, 0.6) is 17.2 Å². The van der Waals surface area contributed by atoms with Crippen LogP contribution in [0, 0.1) is 5.82 Å². The summed E-state index contributed by atoms with van der Waals surface area (Å²) in [6.45, 7) is 0. The third-order valence-corrected chi connectivity index (χ3v) is 17.8. The lowest BCUT2D eigenvalue weighted by Gasteiger charge is -2.13. The summed E-state index contributed by atoms with van der Waals surface area (Å²) in [5.41, 5.74) is 13.2. The lowest BCUT2D eigenvalue weighted by molar-refractivity contribution is 0.472. The van der Waals surface area contributed by atoms with Gasteiger partial charge < -0.3 is 28.1 Å². The molecule has 400 valence electrons. The number of halogens is 5. The molecule has 0 amide bonds. The molecule has 4 aromatic heterocycles. The fraction of sp³-hybridized carbons (Fsp3) is 0. The highest BCUT2D eigenvalue weighted by Gasteiger charge is 2.23. The lowest BCUT2D eigenvalue weighted by atomic mass is 10.1. The Kier molecular flexibility index (Phi) is 13.8. The van der Waals surface area contributed by atoms with Crippen LogP contribution in [0.2, 0.25) is 0 Å². The molecule has 0 aliphatic carbocycles. The van der Waals surface area contributed by atoms with E-state index in [0.29, 0.717) is 4.47 Å². The first-order chi connectivity index (χ1) is 40.7. The van der Waals surface area contributed by atoms with Crippen LogP contribution >= 0.6 is 63.7 Å². The third kappa shape index (κ3) is 9.19. The summed E-state index contributed by atoms with van der Waals surface area (Å²) >= 11 is 13.8. The molecule has 0 aliphatic heterocycles. The number of benzene rings is 12. The topological polar surface area (TPSA) is 49.2 Å². The number of phenolic OH excluding ortho intramolecular Hbond substituents is 1. The Hall–Kier alpha value is -8.71. The predicted octanol–water partition coefficient (Wildman–Crippen LogP) is 22.1. The molecule has 83 heavy (non-hydrogen) atoms. The number of fused-ring (bicyclic) bond motifs is 14. The molecule has 16 aromatic rings. The molecule has 0 unspecified atom stereocenters. The molecule has 11 heteroatoms. The molecule has 6 nitrogen and oxygen atoms in total. The number of ether oxygens (including phenoxy) is 1. The number of hydrogen-bond donors (Lipinski definition) is 1. The fourth-order valence-electron chi connectivity index (χ4n) is 11.7. The van der Waals surface area contributed by atoms with Crippen LogP contribution < -0.4 is 4.74 Å². The predicted molar refractivity (Wildman–Crippen MR) is 356 cm³/mol. The number of para-hydroxylation sites is 8. The van der Waals surface area contributed by atoms with Crippen molar-refractivity contribution in [1.29, 1.82) is 0 Å². The van der Waals surface area contributed by atoms with Crippen molar-refractivity contribution in [3.63, 3.8) is 0 Å². The van der Waals surface area contributed by atoms with E-state index in [1.807, 2.05) is 48.5 Å². The summed E-state index contributed by atoms with van der Waals surface area (Å²) in [6, 6.07) is 90.9. The summed E-state index contributed by atoms with van der Waals surface area (Å²) in [5, 5.41) is 18.5. The molecular weight excluding hydrogens is 1290 g/mol. The van der Waals surface area contributed by atoms with Gasteiger partial charge in [-0.2, -0.15) is 0 Å². The maximum Gasteiger partial charge on any atom is 0.143 e. The zero-order valence-corrected chi connectivity index (χ0v) is 50.3. The van der Waals surface area contributed by atoms with Gasteiger partial charge in [0.1, 0.15) is 23.1 Å². The minimum atomic E-state index is -0.275. The molecule has 0 radical (unpaired) electrons. The summed E-state index contributed by atoms with van der Waals surface area (Å²) < 4.78 is 33.2. The van der Waals surface area contributed by atoms with Crippen molar-refractivity contribution in [3.05, 3.63) is 291 Å². The van der Waals surface area contributed by atoms with Gasteiger partial charge in [-0.05, 0) is 179 Å². The van der Waals surface area contributed by atoms with Crippen molar-refractivity contribution in [2.45, 2.75) is 0 Å². The number of nitrogens with zero attached hydrogens (tertiary/aromatic N) is 4. The van der Waals surface area contributed by atoms with Crippen LogP contribution in [0.3, 0.4) is 0 Å². The number of phenols is 1. The van der Waals surface area contributed by atoms with Gasteiger partial charge in [-0.3, -0.25) is 0 Å². The van der Waals surface area contributed by atoms with E-state index in [-0.39, 0.29) is 11.6 Å². The average Bonchev–Trinajstić information content (AvgIpc) is 3.03. The first-order valence-corrected chi connectivity index (χ1v) is 30.0. The highest BCUT2D eigenvalue weighted by atomic mass is 79.9. The van der Waals surface area contributed by atoms with E-state index in [4.69, 9.17) is 9.84 Å². The van der Waals surface area contributed by atoms with Gasteiger partial charge in [-0.15, -0.1) is 0 Å². The van der Waals surface area contributed by atoms with Crippen LogP contribution in [-0.2, 0) is 0 Å². The molecule has 1 N–H and O–H groups in total. The quantitative estimate of drug-likeness (QED) is 0.180. The SMILES string of the molecule is Brc1ccccc1Oc1cc(-n2c3ccccc3c3c2ccc2c4ccccc4n(-c4ccccc4)c23)ccc1Br.Fc1cc(-n2c3ccccc3c3c2ccc2c4ccccc4n(-c4ccccc4)c23)ccc1Br.Oc1ccccc1Br.